The maximum atomic E-state index is 10.8. The Kier molecular flexibility index (Phi) is 4.19. The molecule has 2 amide bonds. The highest BCUT2D eigenvalue weighted by atomic mass is 35.5. The summed E-state index contributed by atoms with van der Waals surface area (Å²) in [4.78, 5) is 12.7. The molecule has 60 valence electrons. The fourth-order valence-corrected chi connectivity index (χ4v) is 1.08. The van der Waals surface area contributed by atoms with Crippen molar-refractivity contribution in [2.24, 2.45) is 0 Å². The van der Waals surface area contributed by atoms with Crippen molar-refractivity contribution in [3.05, 3.63) is 0 Å². The van der Waals surface area contributed by atoms with E-state index >= 15 is 0 Å². The summed E-state index contributed by atoms with van der Waals surface area (Å²) in [5, 5.41) is 2.59. The Labute approximate surface area is 67.2 Å². The number of urea groups is 1. The largest absolute Gasteiger partial charge is 0.341 e. The zero-order valence-electron chi connectivity index (χ0n) is 6.09. The summed E-state index contributed by atoms with van der Waals surface area (Å²) < 4.78 is 0. The van der Waals surface area contributed by atoms with E-state index in [1.54, 1.807) is 7.05 Å². The van der Waals surface area contributed by atoms with Crippen LogP contribution >= 0.6 is 12.4 Å². The van der Waals surface area contributed by atoms with Gasteiger partial charge in [0.15, 0.2) is 0 Å². The highest BCUT2D eigenvalue weighted by molar-refractivity contribution is 5.85. The van der Waals surface area contributed by atoms with Gasteiger partial charge in [-0.05, 0) is 12.8 Å². The number of carbonyl (C=O) groups is 1. The van der Waals surface area contributed by atoms with Gasteiger partial charge in [0.1, 0.15) is 0 Å². The second-order valence-electron chi connectivity index (χ2n) is 2.25. The Bertz CT molecular complexity index is 112. The van der Waals surface area contributed by atoms with Gasteiger partial charge in [0.05, 0.1) is 0 Å². The number of carbonyl (C=O) groups excluding carboxylic acids is 1. The van der Waals surface area contributed by atoms with Gasteiger partial charge in [-0.25, -0.2) is 4.79 Å². The average molecular weight is 165 g/mol. The van der Waals surface area contributed by atoms with Gasteiger partial charge in [-0.3, -0.25) is 0 Å². The smallest absolute Gasteiger partial charge is 0.317 e. The topological polar surface area (TPSA) is 32.3 Å². The number of rotatable bonds is 0. The molecule has 1 heterocycles. The molecule has 1 rings (SSSR count). The first-order chi connectivity index (χ1) is 4.34. The fraction of sp³-hybridized carbons (Fsp3) is 0.833. The molecule has 0 aromatic heterocycles. The Morgan fingerprint density at radius 1 is 1.40 bits per heavy atom. The minimum atomic E-state index is 0. The van der Waals surface area contributed by atoms with Crippen molar-refractivity contribution in [3.63, 3.8) is 0 Å². The lowest BCUT2D eigenvalue weighted by Crippen LogP contribution is -2.35. The van der Waals surface area contributed by atoms with Gasteiger partial charge in [-0.2, -0.15) is 0 Å². The second kappa shape index (κ2) is 4.39. The average Bonchev–Trinajstić information content (AvgIpc) is 2.37. The van der Waals surface area contributed by atoms with Crippen molar-refractivity contribution in [2.75, 3.05) is 20.1 Å². The molecule has 1 aliphatic rings. The third kappa shape index (κ3) is 2.06. The highest BCUT2D eigenvalue weighted by Gasteiger charge is 2.15. The van der Waals surface area contributed by atoms with Crippen molar-refractivity contribution in [1.82, 2.24) is 10.2 Å². The Hall–Kier alpha value is -0.440. The third-order valence-electron chi connectivity index (χ3n) is 1.61. The number of halogens is 1. The summed E-state index contributed by atoms with van der Waals surface area (Å²) >= 11 is 0. The normalized spacial score (nSPS) is 16.3. The number of hydrogen-bond acceptors (Lipinski definition) is 1. The van der Waals surface area contributed by atoms with Crippen LogP contribution in [-0.2, 0) is 0 Å². The predicted molar refractivity (Wildman–Crippen MR) is 42.5 cm³/mol. The third-order valence-corrected chi connectivity index (χ3v) is 1.61. The Morgan fingerprint density at radius 2 is 1.90 bits per heavy atom. The first-order valence-electron chi connectivity index (χ1n) is 3.31. The van der Waals surface area contributed by atoms with Gasteiger partial charge >= 0.3 is 6.03 Å². The molecule has 0 aromatic rings. The molecule has 0 aromatic carbocycles. The number of nitrogens with zero attached hydrogens (tertiary/aromatic N) is 1. The van der Waals surface area contributed by atoms with Crippen molar-refractivity contribution in [1.29, 1.82) is 0 Å². The van der Waals surface area contributed by atoms with Gasteiger partial charge in [0.25, 0.3) is 0 Å². The molecule has 0 atom stereocenters. The van der Waals surface area contributed by atoms with Gasteiger partial charge in [0.2, 0.25) is 0 Å². The van der Waals surface area contributed by atoms with Crippen LogP contribution < -0.4 is 5.32 Å². The number of amides is 2. The lowest BCUT2D eigenvalue weighted by atomic mass is 10.4. The molecule has 0 saturated carbocycles. The molecule has 1 aliphatic heterocycles. The van der Waals surface area contributed by atoms with Crippen LogP contribution in [0.5, 0.6) is 0 Å². The van der Waals surface area contributed by atoms with Crippen molar-refractivity contribution in [2.45, 2.75) is 12.8 Å². The first-order valence-corrected chi connectivity index (χ1v) is 3.31. The van der Waals surface area contributed by atoms with E-state index in [9.17, 15) is 4.79 Å². The fourth-order valence-electron chi connectivity index (χ4n) is 1.08. The number of hydrogen-bond donors (Lipinski definition) is 1. The van der Waals surface area contributed by atoms with E-state index in [-0.39, 0.29) is 18.4 Å². The van der Waals surface area contributed by atoms with Gasteiger partial charge in [0, 0.05) is 20.1 Å². The van der Waals surface area contributed by atoms with Crippen LogP contribution in [0.3, 0.4) is 0 Å². The van der Waals surface area contributed by atoms with Crippen LogP contribution in [0.4, 0.5) is 4.79 Å². The summed E-state index contributed by atoms with van der Waals surface area (Å²) in [6.45, 7) is 1.86. The molecular weight excluding hydrogens is 152 g/mol. The molecule has 3 nitrogen and oxygen atoms in total. The van der Waals surface area contributed by atoms with Crippen LogP contribution in [0, 0.1) is 0 Å². The van der Waals surface area contributed by atoms with Gasteiger partial charge in [-0.1, -0.05) is 0 Å². The molecule has 1 N–H and O–H groups in total. The van der Waals surface area contributed by atoms with E-state index in [0.717, 1.165) is 25.9 Å². The monoisotopic (exact) mass is 164 g/mol. The molecular formula is C6H13ClN2O. The molecule has 0 bridgehead atoms. The minimum Gasteiger partial charge on any atom is -0.341 e. The van der Waals surface area contributed by atoms with Crippen LogP contribution in [0.15, 0.2) is 0 Å². The second-order valence-corrected chi connectivity index (χ2v) is 2.25. The lowest BCUT2D eigenvalue weighted by Gasteiger charge is -2.13. The van der Waals surface area contributed by atoms with E-state index in [1.807, 2.05) is 4.90 Å². The molecule has 0 unspecified atom stereocenters. The standard InChI is InChI=1S/C6H12N2O.ClH/c1-7-6(9)8-4-2-3-5-8;/h2-5H2,1H3,(H,7,9);1H. The molecule has 4 heteroatoms. The highest BCUT2D eigenvalue weighted by Crippen LogP contribution is 2.06. The van der Waals surface area contributed by atoms with Gasteiger partial charge < -0.3 is 10.2 Å². The van der Waals surface area contributed by atoms with Crippen molar-refractivity contribution in [3.8, 4) is 0 Å². The summed E-state index contributed by atoms with van der Waals surface area (Å²) in [6, 6.07) is 0.0625. The van der Waals surface area contributed by atoms with Crippen molar-refractivity contribution < 1.29 is 4.79 Å². The molecule has 10 heavy (non-hydrogen) atoms. The maximum absolute atomic E-state index is 10.8. The van der Waals surface area contributed by atoms with E-state index in [4.69, 9.17) is 0 Å². The summed E-state index contributed by atoms with van der Waals surface area (Å²) in [6.07, 6.45) is 2.32. The van der Waals surface area contributed by atoms with E-state index in [1.165, 1.54) is 0 Å². The predicted octanol–water partition coefficient (Wildman–Crippen LogP) is 0.843. The molecule has 0 spiro atoms. The summed E-state index contributed by atoms with van der Waals surface area (Å²) in [5.41, 5.74) is 0. The van der Waals surface area contributed by atoms with E-state index in [2.05, 4.69) is 5.32 Å². The maximum Gasteiger partial charge on any atom is 0.317 e. The Balaban J connectivity index is 0.000000810. The SMILES string of the molecule is CNC(=O)N1CCCC1.Cl. The van der Waals surface area contributed by atoms with Crippen molar-refractivity contribution >= 4 is 18.4 Å². The lowest BCUT2D eigenvalue weighted by molar-refractivity contribution is 0.211. The van der Waals surface area contributed by atoms with Crippen LogP contribution in [-0.4, -0.2) is 31.1 Å². The van der Waals surface area contributed by atoms with Crippen LogP contribution in [0.2, 0.25) is 0 Å². The zero-order chi connectivity index (χ0) is 6.69. The van der Waals surface area contributed by atoms with E-state index in [0.29, 0.717) is 0 Å². The van der Waals surface area contributed by atoms with Crippen LogP contribution in [0.25, 0.3) is 0 Å². The molecule has 0 radical (unpaired) electrons. The van der Waals surface area contributed by atoms with Gasteiger partial charge in [-0.15, -0.1) is 12.4 Å². The molecule has 0 aliphatic carbocycles. The Morgan fingerprint density at radius 3 is 2.30 bits per heavy atom. The quantitative estimate of drug-likeness (QED) is 0.566. The summed E-state index contributed by atoms with van der Waals surface area (Å²) in [5.74, 6) is 0. The zero-order valence-corrected chi connectivity index (χ0v) is 6.91. The first kappa shape index (κ1) is 9.56. The van der Waals surface area contributed by atoms with E-state index < -0.39 is 0 Å². The minimum absolute atomic E-state index is 0. The summed E-state index contributed by atoms with van der Waals surface area (Å²) in [7, 11) is 1.67. The van der Waals surface area contributed by atoms with Crippen LogP contribution in [0.1, 0.15) is 12.8 Å². The molecule has 1 saturated heterocycles. The number of likely N-dealkylation sites (tertiary alicyclic amines) is 1. The molecule has 1 fully saturated rings. The number of nitrogens with one attached hydrogen (secondary N) is 1.